The normalized spacial score (nSPS) is 10.3. The van der Waals surface area contributed by atoms with Gasteiger partial charge in [0.15, 0.2) is 0 Å². The number of hydrogen-bond donors (Lipinski definition) is 2. The summed E-state index contributed by atoms with van der Waals surface area (Å²) in [5, 5.41) is 2.53. The standard InChI is InChI=1S/C12H11PS2/c14-11-7-3-1-5-9(11)13-10-6-2-4-8-12(10)15/h1-8,13-15H. The fraction of sp³-hybridized carbons (Fsp3) is 0. The van der Waals surface area contributed by atoms with Crippen molar-refractivity contribution in [3.63, 3.8) is 0 Å². The van der Waals surface area contributed by atoms with Crippen molar-refractivity contribution in [2.24, 2.45) is 0 Å². The molecule has 0 aliphatic rings. The highest BCUT2D eigenvalue weighted by molar-refractivity contribution is 7.82. The van der Waals surface area contributed by atoms with Crippen molar-refractivity contribution in [1.29, 1.82) is 0 Å². The number of rotatable bonds is 2. The lowest BCUT2D eigenvalue weighted by Gasteiger charge is -2.07. The largest absolute Gasteiger partial charge is 0.143 e. The maximum atomic E-state index is 4.44. The van der Waals surface area contributed by atoms with Gasteiger partial charge in [0.25, 0.3) is 0 Å². The van der Waals surface area contributed by atoms with E-state index < -0.39 is 0 Å². The fourth-order valence-corrected chi connectivity index (χ4v) is 3.03. The molecule has 0 atom stereocenters. The van der Waals surface area contributed by atoms with Crippen LogP contribution in [0.3, 0.4) is 0 Å². The van der Waals surface area contributed by atoms with E-state index in [-0.39, 0.29) is 0 Å². The molecule has 0 heterocycles. The molecule has 2 aromatic rings. The van der Waals surface area contributed by atoms with E-state index in [1.165, 1.54) is 10.6 Å². The molecule has 0 saturated carbocycles. The van der Waals surface area contributed by atoms with Gasteiger partial charge in [-0.2, -0.15) is 0 Å². The van der Waals surface area contributed by atoms with Crippen LogP contribution in [-0.2, 0) is 0 Å². The average molecular weight is 250 g/mol. The van der Waals surface area contributed by atoms with Crippen LogP contribution >= 0.6 is 33.8 Å². The second-order valence-electron chi connectivity index (χ2n) is 3.16. The summed E-state index contributed by atoms with van der Waals surface area (Å²) in [4.78, 5) is 2.10. The highest BCUT2D eigenvalue weighted by atomic mass is 32.1. The monoisotopic (exact) mass is 250 g/mol. The second-order valence-corrected chi connectivity index (χ2v) is 5.45. The SMILES string of the molecule is Sc1ccccc1Pc1ccccc1S. The third-order valence-electron chi connectivity index (χ3n) is 2.08. The Morgan fingerprint density at radius 3 is 1.47 bits per heavy atom. The van der Waals surface area contributed by atoms with Gasteiger partial charge < -0.3 is 0 Å². The van der Waals surface area contributed by atoms with Crippen LogP contribution in [0.5, 0.6) is 0 Å². The Bertz CT molecular complexity index is 425. The highest BCUT2D eigenvalue weighted by Gasteiger charge is 2.02. The molecular formula is C12H11PS2. The Hall–Kier alpha value is -0.430. The summed E-state index contributed by atoms with van der Waals surface area (Å²) in [7, 11) is 0.622. The smallest absolute Gasteiger partial charge is 0.0118 e. The van der Waals surface area contributed by atoms with E-state index in [1.54, 1.807) is 0 Å². The third kappa shape index (κ3) is 2.78. The zero-order valence-corrected chi connectivity index (χ0v) is 10.8. The number of hydrogen-bond acceptors (Lipinski definition) is 2. The number of benzene rings is 2. The fourth-order valence-electron chi connectivity index (χ4n) is 1.30. The molecule has 76 valence electrons. The quantitative estimate of drug-likeness (QED) is 0.594. The van der Waals surface area contributed by atoms with Crippen LogP contribution in [0.15, 0.2) is 58.3 Å². The summed E-state index contributed by atoms with van der Waals surface area (Å²) >= 11 is 8.89. The third-order valence-corrected chi connectivity index (χ3v) is 4.69. The van der Waals surface area contributed by atoms with E-state index in [0.29, 0.717) is 8.58 Å². The zero-order chi connectivity index (χ0) is 10.7. The van der Waals surface area contributed by atoms with Crippen LogP contribution < -0.4 is 10.6 Å². The molecule has 2 aromatic carbocycles. The first kappa shape index (κ1) is 11.1. The van der Waals surface area contributed by atoms with Gasteiger partial charge in [0, 0.05) is 9.79 Å². The van der Waals surface area contributed by atoms with Crippen molar-refractivity contribution in [2.75, 3.05) is 0 Å². The van der Waals surface area contributed by atoms with E-state index in [4.69, 9.17) is 0 Å². The van der Waals surface area contributed by atoms with Gasteiger partial charge in [-0.3, -0.25) is 0 Å². The molecule has 0 N–H and O–H groups in total. The van der Waals surface area contributed by atoms with E-state index in [9.17, 15) is 0 Å². The van der Waals surface area contributed by atoms with Crippen LogP contribution in [0.4, 0.5) is 0 Å². The minimum atomic E-state index is 0.622. The first-order valence-electron chi connectivity index (χ1n) is 4.60. The Kier molecular flexibility index (Phi) is 3.74. The molecule has 3 heteroatoms. The van der Waals surface area contributed by atoms with Crippen LogP contribution in [0.25, 0.3) is 0 Å². The van der Waals surface area contributed by atoms with Crippen molar-refractivity contribution >= 4 is 44.4 Å². The highest BCUT2D eigenvalue weighted by Crippen LogP contribution is 2.19. The summed E-state index contributed by atoms with van der Waals surface area (Å²) in [6, 6.07) is 16.4. The van der Waals surface area contributed by atoms with Crippen LogP contribution in [0.2, 0.25) is 0 Å². The van der Waals surface area contributed by atoms with Crippen LogP contribution in [0, 0.1) is 0 Å². The summed E-state index contributed by atoms with van der Waals surface area (Å²) in [6.45, 7) is 0. The van der Waals surface area contributed by atoms with E-state index in [2.05, 4.69) is 37.4 Å². The molecule has 0 aliphatic carbocycles. The molecule has 0 bridgehead atoms. The maximum Gasteiger partial charge on any atom is 0.0118 e. The molecule has 0 unspecified atom stereocenters. The first-order valence-corrected chi connectivity index (χ1v) is 6.50. The minimum absolute atomic E-state index is 0.622. The number of thiol groups is 2. The van der Waals surface area contributed by atoms with Crippen molar-refractivity contribution in [3.8, 4) is 0 Å². The Morgan fingerprint density at radius 1 is 0.667 bits per heavy atom. The lowest BCUT2D eigenvalue weighted by atomic mass is 10.4. The molecule has 0 nitrogen and oxygen atoms in total. The summed E-state index contributed by atoms with van der Waals surface area (Å²) in [5.74, 6) is 0. The van der Waals surface area contributed by atoms with Gasteiger partial charge in [0.05, 0.1) is 0 Å². The Balaban J connectivity index is 2.30. The van der Waals surface area contributed by atoms with Gasteiger partial charge in [-0.25, -0.2) is 0 Å². The van der Waals surface area contributed by atoms with Gasteiger partial charge >= 0.3 is 0 Å². The van der Waals surface area contributed by atoms with E-state index >= 15 is 0 Å². The molecule has 2 rings (SSSR count). The average Bonchev–Trinajstić information content (AvgIpc) is 2.24. The maximum absolute atomic E-state index is 4.44. The van der Waals surface area contributed by atoms with Crippen molar-refractivity contribution in [1.82, 2.24) is 0 Å². The topological polar surface area (TPSA) is 0 Å². The summed E-state index contributed by atoms with van der Waals surface area (Å²) < 4.78 is 0. The lowest BCUT2D eigenvalue weighted by Crippen LogP contribution is -2.05. The Morgan fingerprint density at radius 2 is 1.07 bits per heavy atom. The Labute approximate surface area is 103 Å². The predicted octanol–water partition coefficient (Wildman–Crippen LogP) is 2.89. The van der Waals surface area contributed by atoms with E-state index in [1.807, 2.05) is 36.4 Å². The van der Waals surface area contributed by atoms with E-state index in [0.717, 1.165) is 9.79 Å². The molecule has 0 saturated heterocycles. The van der Waals surface area contributed by atoms with Gasteiger partial charge in [-0.05, 0) is 22.7 Å². The van der Waals surface area contributed by atoms with Crippen molar-refractivity contribution in [2.45, 2.75) is 9.79 Å². The summed E-state index contributed by atoms with van der Waals surface area (Å²) in [5.41, 5.74) is 0. The molecule has 0 amide bonds. The molecular weight excluding hydrogens is 239 g/mol. The molecule has 0 fully saturated rings. The second kappa shape index (κ2) is 5.07. The lowest BCUT2D eigenvalue weighted by molar-refractivity contribution is 1.53. The van der Waals surface area contributed by atoms with Gasteiger partial charge in [-0.15, -0.1) is 25.3 Å². The van der Waals surface area contributed by atoms with Crippen molar-refractivity contribution < 1.29 is 0 Å². The summed E-state index contributed by atoms with van der Waals surface area (Å²) in [6.07, 6.45) is 0. The minimum Gasteiger partial charge on any atom is -0.143 e. The molecule has 15 heavy (non-hydrogen) atoms. The van der Waals surface area contributed by atoms with Crippen LogP contribution in [-0.4, -0.2) is 0 Å². The van der Waals surface area contributed by atoms with Crippen LogP contribution in [0.1, 0.15) is 0 Å². The molecule has 0 spiro atoms. The molecule has 0 radical (unpaired) electrons. The molecule has 0 aliphatic heterocycles. The van der Waals surface area contributed by atoms with Gasteiger partial charge in [0.1, 0.15) is 0 Å². The zero-order valence-electron chi connectivity index (χ0n) is 8.01. The molecule has 0 aromatic heterocycles. The first-order chi connectivity index (χ1) is 7.27. The van der Waals surface area contributed by atoms with Crippen molar-refractivity contribution in [3.05, 3.63) is 48.5 Å². The van der Waals surface area contributed by atoms with Gasteiger partial charge in [0.2, 0.25) is 0 Å². The van der Waals surface area contributed by atoms with Gasteiger partial charge in [-0.1, -0.05) is 45.0 Å². The predicted molar refractivity (Wildman–Crippen MR) is 75.0 cm³/mol.